The van der Waals surface area contributed by atoms with Crippen LogP contribution in [0.4, 0.5) is 4.39 Å². The normalized spacial score (nSPS) is 12.8. The standard InChI is InChI=1S/C12H9Br2FOS/c1-6-8(5-10(14)17-6)12(16)7-3-2-4-9(13)11(7)15/h2-5,12,16H,1H3. The molecule has 1 atom stereocenters. The molecule has 0 fully saturated rings. The zero-order valence-corrected chi connectivity index (χ0v) is 12.9. The predicted octanol–water partition coefficient (Wildman–Crippen LogP) is 4.80. The van der Waals surface area contributed by atoms with Gasteiger partial charge >= 0.3 is 0 Å². The Bertz CT molecular complexity index is 553. The van der Waals surface area contributed by atoms with Crippen LogP contribution in [0.15, 0.2) is 32.5 Å². The molecule has 0 radical (unpaired) electrons. The van der Waals surface area contributed by atoms with Crippen molar-refractivity contribution in [3.63, 3.8) is 0 Å². The minimum Gasteiger partial charge on any atom is -0.384 e. The van der Waals surface area contributed by atoms with E-state index in [-0.39, 0.29) is 5.56 Å². The van der Waals surface area contributed by atoms with Crippen LogP contribution in [0.1, 0.15) is 22.1 Å². The molecule has 1 N–H and O–H groups in total. The lowest BCUT2D eigenvalue weighted by Gasteiger charge is -2.12. The number of halogens is 3. The zero-order valence-electron chi connectivity index (χ0n) is 8.88. The van der Waals surface area contributed by atoms with Gasteiger partial charge in [0, 0.05) is 10.4 Å². The molecule has 17 heavy (non-hydrogen) atoms. The lowest BCUT2D eigenvalue weighted by atomic mass is 10.0. The van der Waals surface area contributed by atoms with E-state index in [1.54, 1.807) is 18.2 Å². The molecule has 1 aromatic carbocycles. The molecular formula is C12H9Br2FOS. The summed E-state index contributed by atoms with van der Waals surface area (Å²) in [6, 6.07) is 6.74. The summed E-state index contributed by atoms with van der Waals surface area (Å²) in [6.45, 7) is 1.91. The first-order valence-corrected chi connectivity index (χ1v) is 7.28. The SMILES string of the molecule is Cc1sc(Br)cc1C(O)c1cccc(Br)c1F. The number of aliphatic hydroxyl groups is 1. The van der Waals surface area contributed by atoms with Crippen molar-refractivity contribution in [2.75, 3.05) is 0 Å². The summed E-state index contributed by atoms with van der Waals surface area (Å²) >= 11 is 8.00. The molecule has 1 heterocycles. The van der Waals surface area contributed by atoms with E-state index in [9.17, 15) is 9.50 Å². The second-order valence-corrected chi connectivity index (χ2v) is 7.10. The van der Waals surface area contributed by atoms with E-state index in [0.29, 0.717) is 4.47 Å². The van der Waals surface area contributed by atoms with Crippen molar-refractivity contribution in [3.8, 4) is 0 Å². The third kappa shape index (κ3) is 2.62. The maximum atomic E-state index is 13.9. The average molecular weight is 380 g/mol. The van der Waals surface area contributed by atoms with Crippen LogP contribution in [0.25, 0.3) is 0 Å². The van der Waals surface area contributed by atoms with Gasteiger partial charge in [0.1, 0.15) is 11.9 Å². The second-order valence-electron chi connectivity index (χ2n) is 3.61. The van der Waals surface area contributed by atoms with Gasteiger partial charge < -0.3 is 5.11 Å². The van der Waals surface area contributed by atoms with Gasteiger partial charge in [-0.25, -0.2) is 4.39 Å². The number of hydrogen-bond acceptors (Lipinski definition) is 2. The Morgan fingerprint density at radius 2 is 2.00 bits per heavy atom. The van der Waals surface area contributed by atoms with Gasteiger partial charge in [-0.05, 0) is 56.5 Å². The summed E-state index contributed by atoms with van der Waals surface area (Å²) < 4.78 is 15.2. The molecule has 1 nitrogen and oxygen atoms in total. The fourth-order valence-electron chi connectivity index (χ4n) is 1.63. The largest absolute Gasteiger partial charge is 0.384 e. The van der Waals surface area contributed by atoms with E-state index >= 15 is 0 Å². The maximum Gasteiger partial charge on any atom is 0.143 e. The van der Waals surface area contributed by atoms with Gasteiger partial charge in [0.15, 0.2) is 0 Å². The summed E-state index contributed by atoms with van der Waals surface area (Å²) in [5.74, 6) is -0.415. The highest BCUT2D eigenvalue weighted by molar-refractivity contribution is 9.11. The summed E-state index contributed by atoms with van der Waals surface area (Å²) in [6.07, 6.45) is -0.935. The Morgan fingerprint density at radius 3 is 2.59 bits per heavy atom. The Balaban J connectivity index is 2.47. The molecule has 1 aromatic heterocycles. The van der Waals surface area contributed by atoms with Crippen molar-refractivity contribution in [1.29, 1.82) is 0 Å². The molecule has 90 valence electrons. The van der Waals surface area contributed by atoms with E-state index in [1.165, 1.54) is 11.3 Å². The number of aliphatic hydroxyl groups excluding tert-OH is 1. The highest BCUT2D eigenvalue weighted by Gasteiger charge is 2.19. The van der Waals surface area contributed by atoms with Crippen molar-refractivity contribution in [1.82, 2.24) is 0 Å². The van der Waals surface area contributed by atoms with Crippen molar-refractivity contribution < 1.29 is 9.50 Å². The minimum atomic E-state index is -0.935. The third-order valence-electron chi connectivity index (χ3n) is 2.50. The van der Waals surface area contributed by atoms with E-state index in [2.05, 4.69) is 31.9 Å². The van der Waals surface area contributed by atoms with E-state index < -0.39 is 11.9 Å². The highest BCUT2D eigenvalue weighted by Crippen LogP contribution is 2.35. The summed E-state index contributed by atoms with van der Waals surface area (Å²) in [4.78, 5) is 0.976. The van der Waals surface area contributed by atoms with Crippen molar-refractivity contribution in [2.45, 2.75) is 13.0 Å². The first kappa shape index (κ1) is 13.2. The quantitative estimate of drug-likeness (QED) is 0.794. The Hall–Kier alpha value is -0.230. The first-order chi connectivity index (χ1) is 8.00. The highest BCUT2D eigenvalue weighted by atomic mass is 79.9. The molecule has 0 aliphatic rings. The average Bonchev–Trinajstić information content (AvgIpc) is 2.61. The van der Waals surface area contributed by atoms with Crippen molar-refractivity contribution >= 4 is 43.2 Å². The number of rotatable bonds is 2. The Kier molecular flexibility index (Phi) is 4.02. The van der Waals surface area contributed by atoms with Gasteiger partial charge in [-0.1, -0.05) is 12.1 Å². The summed E-state index contributed by atoms with van der Waals surface area (Å²) in [7, 11) is 0. The van der Waals surface area contributed by atoms with Crippen LogP contribution in [0.5, 0.6) is 0 Å². The molecular weight excluding hydrogens is 371 g/mol. The van der Waals surface area contributed by atoms with Gasteiger partial charge in [0.05, 0.1) is 8.26 Å². The molecule has 0 aliphatic carbocycles. The molecule has 0 amide bonds. The number of benzene rings is 1. The molecule has 0 spiro atoms. The van der Waals surface area contributed by atoms with Crippen LogP contribution in [0.3, 0.4) is 0 Å². The van der Waals surface area contributed by atoms with Crippen LogP contribution >= 0.6 is 43.2 Å². The van der Waals surface area contributed by atoms with Crippen LogP contribution in [-0.2, 0) is 0 Å². The molecule has 0 aliphatic heterocycles. The van der Waals surface area contributed by atoms with Gasteiger partial charge in [-0.3, -0.25) is 0 Å². The van der Waals surface area contributed by atoms with Crippen LogP contribution in [0, 0.1) is 12.7 Å². The monoisotopic (exact) mass is 378 g/mol. The molecule has 1 unspecified atom stereocenters. The lowest BCUT2D eigenvalue weighted by Crippen LogP contribution is -2.03. The van der Waals surface area contributed by atoms with Crippen LogP contribution in [0.2, 0.25) is 0 Å². The van der Waals surface area contributed by atoms with Gasteiger partial charge in [-0.2, -0.15) is 0 Å². The Morgan fingerprint density at radius 1 is 1.29 bits per heavy atom. The number of aryl methyl sites for hydroxylation is 1. The molecule has 0 bridgehead atoms. The van der Waals surface area contributed by atoms with E-state index in [1.807, 2.05) is 13.0 Å². The van der Waals surface area contributed by atoms with Crippen LogP contribution in [-0.4, -0.2) is 5.11 Å². The Labute approximate surface area is 120 Å². The molecule has 2 aromatic rings. The number of hydrogen-bond donors (Lipinski definition) is 1. The molecule has 0 saturated carbocycles. The fourth-order valence-corrected chi connectivity index (χ4v) is 3.75. The van der Waals surface area contributed by atoms with Crippen molar-refractivity contribution in [3.05, 3.63) is 54.3 Å². The van der Waals surface area contributed by atoms with E-state index in [4.69, 9.17) is 0 Å². The topological polar surface area (TPSA) is 20.2 Å². The molecule has 2 rings (SSSR count). The lowest BCUT2D eigenvalue weighted by molar-refractivity contribution is 0.214. The predicted molar refractivity (Wildman–Crippen MR) is 74.9 cm³/mol. The summed E-state index contributed by atoms with van der Waals surface area (Å²) in [5.41, 5.74) is 1.02. The van der Waals surface area contributed by atoms with Gasteiger partial charge in [-0.15, -0.1) is 11.3 Å². The first-order valence-electron chi connectivity index (χ1n) is 4.88. The van der Waals surface area contributed by atoms with Gasteiger partial charge in [0.25, 0.3) is 0 Å². The summed E-state index contributed by atoms with van der Waals surface area (Å²) in [5, 5.41) is 10.2. The van der Waals surface area contributed by atoms with E-state index in [0.717, 1.165) is 14.2 Å². The molecule has 0 saturated heterocycles. The molecule has 5 heteroatoms. The number of thiophene rings is 1. The zero-order chi connectivity index (χ0) is 12.6. The smallest absolute Gasteiger partial charge is 0.143 e. The second kappa shape index (κ2) is 5.18. The third-order valence-corrected chi connectivity index (χ3v) is 4.68. The van der Waals surface area contributed by atoms with Crippen LogP contribution < -0.4 is 0 Å². The maximum absolute atomic E-state index is 13.9. The van der Waals surface area contributed by atoms with Crippen molar-refractivity contribution in [2.24, 2.45) is 0 Å². The van der Waals surface area contributed by atoms with Gasteiger partial charge in [0.2, 0.25) is 0 Å². The minimum absolute atomic E-state index is 0.285. The fraction of sp³-hybridized carbons (Fsp3) is 0.167.